The standard InChI is InChI=1S/C15H21BrN2O2/c1-11-8-13(16)2-3-14(11)17-15(20)10-18-6-4-12(9-18)5-7-19/h2-3,8,12,19H,4-7,9-10H2,1H3,(H,17,20). The summed E-state index contributed by atoms with van der Waals surface area (Å²) in [5.74, 6) is 0.558. The third-order valence-electron chi connectivity index (χ3n) is 3.74. The summed E-state index contributed by atoms with van der Waals surface area (Å²) in [7, 11) is 0. The highest BCUT2D eigenvalue weighted by Gasteiger charge is 2.23. The Morgan fingerprint density at radius 3 is 3.05 bits per heavy atom. The summed E-state index contributed by atoms with van der Waals surface area (Å²) in [4.78, 5) is 14.2. The van der Waals surface area contributed by atoms with Gasteiger partial charge in [-0.3, -0.25) is 9.69 Å². The van der Waals surface area contributed by atoms with Gasteiger partial charge in [0.1, 0.15) is 0 Å². The molecular weight excluding hydrogens is 320 g/mol. The lowest BCUT2D eigenvalue weighted by Gasteiger charge is -2.16. The number of carbonyl (C=O) groups is 1. The number of carbonyl (C=O) groups excluding carboxylic acids is 1. The van der Waals surface area contributed by atoms with Gasteiger partial charge < -0.3 is 10.4 Å². The van der Waals surface area contributed by atoms with Crippen molar-refractivity contribution in [3.05, 3.63) is 28.2 Å². The molecule has 1 heterocycles. The second-order valence-corrected chi connectivity index (χ2v) is 6.33. The quantitative estimate of drug-likeness (QED) is 0.865. The Hall–Kier alpha value is -0.910. The van der Waals surface area contributed by atoms with Crippen LogP contribution in [0.25, 0.3) is 0 Å². The Morgan fingerprint density at radius 2 is 2.35 bits per heavy atom. The fraction of sp³-hybridized carbons (Fsp3) is 0.533. The Balaban J connectivity index is 1.84. The number of benzene rings is 1. The normalized spacial score (nSPS) is 19.2. The van der Waals surface area contributed by atoms with Crippen LogP contribution in [0, 0.1) is 12.8 Å². The average Bonchev–Trinajstić information content (AvgIpc) is 2.81. The molecular formula is C15H21BrN2O2. The molecule has 2 N–H and O–H groups in total. The first kappa shape index (κ1) is 15.5. The molecule has 0 spiro atoms. The molecule has 1 fully saturated rings. The molecule has 1 saturated heterocycles. The molecule has 0 saturated carbocycles. The van der Waals surface area contributed by atoms with E-state index in [1.807, 2.05) is 25.1 Å². The van der Waals surface area contributed by atoms with E-state index in [4.69, 9.17) is 5.11 Å². The maximum Gasteiger partial charge on any atom is 0.238 e. The van der Waals surface area contributed by atoms with Gasteiger partial charge in [-0.05, 0) is 56.0 Å². The zero-order chi connectivity index (χ0) is 14.5. The minimum absolute atomic E-state index is 0.0278. The van der Waals surface area contributed by atoms with Crippen LogP contribution in [0.3, 0.4) is 0 Å². The van der Waals surface area contributed by atoms with Gasteiger partial charge in [-0.15, -0.1) is 0 Å². The van der Waals surface area contributed by atoms with E-state index >= 15 is 0 Å². The highest BCUT2D eigenvalue weighted by Crippen LogP contribution is 2.21. The number of halogens is 1. The first-order valence-electron chi connectivity index (χ1n) is 6.97. The van der Waals surface area contributed by atoms with Gasteiger partial charge in [0.05, 0.1) is 6.54 Å². The molecule has 0 bridgehead atoms. The smallest absolute Gasteiger partial charge is 0.238 e. The van der Waals surface area contributed by atoms with Crippen LogP contribution < -0.4 is 5.32 Å². The zero-order valence-electron chi connectivity index (χ0n) is 11.7. The average molecular weight is 341 g/mol. The Bertz CT molecular complexity index is 479. The summed E-state index contributed by atoms with van der Waals surface area (Å²) in [5, 5.41) is 11.9. The molecule has 1 aromatic rings. The summed E-state index contributed by atoms with van der Waals surface area (Å²) in [6, 6.07) is 5.83. The van der Waals surface area contributed by atoms with Crippen molar-refractivity contribution in [2.24, 2.45) is 5.92 Å². The molecule has 0 aromatic heterocycles. The molecule has 1 aliphatic heterocycles. The minimum atomic E-state index is 0.0278. The summed E-state index contributed by atoms with van der Waals surface area (Å²) >= 11 is 3.41. The predicted molar refractivity (Wildman–Crippen MR) is 83.8 cm³/mol. The van der Waals surface area contributed by atoms with Crippen molar-refractivity contribution in [1.82, 2.24) is 4.90 Å². The van der Waals surface area contributed by atoms with Crippen molar-refractivity contribution in [1.29, 1.82) is 0 Å². The van der Waals surface area contributed by atoms with Gasteiger partial charge in [-0.25, -0.2) is 0 Å². The molecule has 1 atom stereocenters. The Morgan fingerprint density at radius 1 is 1.55 bits per heavy atom. The lowest BCUT2D eigenvalue weighted by Crippen LogP contribution is -2.31. The third kappa shape index (κ3) is 4.30. The lowest BCUT2D eigenvalue weighted by molar-refractivity contribution is -0.117. The molecule has 4 nitrogen and oxygen atoms in total. The SMILES string of the molecule is Cc1cc(Br)ccc1NC(=O)CN1CCC(CCO)C1. The highest BCUT2D eigenvalue weighted by atomic mass is 79.9. The largest absolute Gasteiger partial charge is 0.396 e. The number of anilines is 1. The highest BCUT2D eigenvalue weighted by molar-refractivity contribution is 9.10. The fourth-order valence-corrected chi connectivity index (χ4v) is 3.11. The second kappa shape index (κ2) is 7.20. The molecule has 1 amide bonds. The number of nitrogens with one attached hydrogen (secondary N) is 1. The van der Waals surface area contributed by atoms with Gasteiger partial charge >= 0.3 is 0 Å². The molecule has 20 heavy (non-hydrogen) atoms. The molecule has 0 aliphatic carbocycles. The Kier molecular flexibility index (Phi) is 5.57. The molecule has 0 radical (unpaired) electrons. The molecule has 1 aromatic carbocycles. The van der Waals surface area contributed by atoms with Crippen LogP contribution in [0.5, 0.6) is 0 Å². The van der Waals surface area contributed by atoms with Crippen molar-refractivity contribution in [3.63, 3.8) is 0 Å². The first-order valence-corrected chi connectivity index (χ1v) is 7.77. The van der Waals surface area contributed by atoms with Gasteiger partial charge in [0.2, 0.25) is 5.91 Å². The summed E-state index contributed by atoms with van der Waals surface area (Å²) in [6.45, 7) is 4.50. The van der Waals surface area contributed by atoms with Crippen LogP contribution in [-0.2, 0) is 4.79 Å². The number of nitrogens with zero attached hydrogens (tertiary/aromatic N) is 1. The number of amides is 1. The molecule has 110 valence electrons. The molecule has 2 rings (SSSR count). The van der Waals surface area contributed by atoms with Crippen molar-refractivity contribution in [3.8, 4) is 0 Å². The van der Waals surface area contributed by atoms with Gasteiger partial charge in [-0.2, -0.15) is 0 Å². The van der Waals surface area contributed by atoms with E-state index < -0.39 is 0 Å². The van der Waals surface area contributed by atoms with Crippen molar-refractivity contribution in [2.45, 2.75) is 19.8 Å². The zero-order valence-corrected chi connectivity index (χ0v) is 13.3. The predicted octanol–water partition coefficient (Wildman–Crippen LogP) is 2.40. The number of hydrogen-bond donors (Lipinski definition) is 2. The van der Waals surface area contributed by atoms with E-state index in [0.717, 1.165) is 41.7 Å². The topological polar surface area (TPSA) is 52.6 Å². The second-order valence-electron chi connectivity index (χ2n) is 5.41. The summed E-state index contributed by atoms with van der Waals surface area (Å²) in [6.07, 6.45) is 1.91. The lowest BCUT2D eigenvalue weighted by atomic mass is 10.1. The fourth-order valence-electron chi connectivity index (χ4n) is 2.63. The van der Waals surface area contributed by atoms with Gasteiger partial charge in [0, 0.05) is 23.3 Å². The van der Waals surface area contributed by atoms with Crippen molar-refractivity contribution >= 4 is 27.5 Å². The number of hydrogen-bond acceptors (Lipinski definition) is 3. The van der Waals surface area contributed by atoms with Gasteiger partial charge in [0.15, 0.2) is 0 Å². The minimum Gasteiger partial charge on any atom is -0.396 e. The monoisotopic (exact) mass is 340 g/mol. The van der Waals surface area contributed by atoms with Crippen LogP contribution in [-0.4, -0.2) is 42.2 Å². The van der Waals surface area contributed by atoms with E-state index in [2.05, 4.69) is 26.1 Å². The molecule has 1 aliphatic rings. The van der Waals surface area contributed by atoms with Crippen molar-refractivity contribution < 1.29 is 9.90 Å². The summed E-state index contributed by atoms with van der Waals surface area (Å²) in [5.41, 5.74) is 1.91. The van der Waals surface area contributed by atoms with Crippen LogP contribution in [0.4, 0.5) is 5.69 Å². The third-order valence-corrected chi connectivity index (χ3v) is 4.23. The molecule has 1 unspecified atom stereocenters. The maximum absolute atomic E-state index is 12.1. The van der Waals surface area contributed by atoms with E-state index in [1.165, 1.54) is 0 Å². The van der Waals surface area contributed by atoms with E-state index in [1.54, 1.807) is 0 Å². The van der Waals surface area contributed by atoms with E-state index in [-0.39, 0.29) is 12.5 Å². The van der Waals surface area contributed by atoms with Crippen LogP contribution >= 0.6 is 15.9 Å². The molecule has 5 heteroatoms. The van der Waals surface area contributed by atoms with Gasteiger partial charge in [-0.1, -0.05) is 15.9 Å². The number of likely N-dealkylation sites (tertiary alicyclic amines) is 1. The number of aliphatic hydroxyl groups is 1. The number of aryl methyl sites for hydroxylation is 1. The number of rotatable bonds is 5. The van der Waals surface area contributed by atoms with Gasteiger partial charge in [0.25, 0.3) is 0 Å². The number of aliphatic hydroxyl groups excluding tert-OH is 1. The first-order chi connectivity index (χ1) is 9.58. The van der Waals surface area contributed by atoms with Crippen LogP contribution in [0.1, 0.15) is 18.4 Å². The Labute approximate surface area is 128 Å². The van der Waals surface area contributed by atoms with E-state index in [0.29, 0.717) is 12.5 Å². The van der Waals surface area contributed by atoms with Crippen LogP contribution in [0.2, 0.25) is 0 Å². The summed E-state index contributed by atoms with van der Waals surface area (Å²) < 4.78 is 1.01. The maximum atomic E-state index is 12.1. The van der Waals surface area contributed by atoms with Crippen molar-refractivity contribution in [2.75, 3.05) is 31.6 Å². The van der Waals surface area contributed by atoms with E-state index in [9.17, 15) is 4.79 Å². The van der Waals surface area contributed by atoms with Crippen LogP contribution in [0.15, 0.2) is 22.7 Å².